The number of benzene rings is 11. The summed E-state index contributed by atoms with van der Waals surface area (Å²) in [6.45, 7) is 0. The molecule has 0 atom stereocenters. The van der Waals surface area contributed by atoms with Crippen molar-refractivity contribution in [1.82, 2.24) is 0 Å². The van der Waals surface area contributed by atoms with Gasteiger partial charge in [-0.1, -0.05) is 194 Å². The quantitative estimate of drug-likeness (QED) is 0.140. The molecule has 1 heterocycles. The van der Waals surface area contributed by atoms with Gasteiger partial charge in [-0.25, -0.2) is 0 Å². The maximum absolute atomic E-state index is 2.39. The first-order valence-corrected chi connectivity index (χ1v) is 23.4. The number of anilines is 3. The third-order valence-electron chi connectivity index (χ3n) is 12.9. The second kappa shape index (κ2) is 17.0. The van der Waals surface area contributed by atoms with Crippen LogP contribution in [0.15, 0.2) is 261 Å². The topological polar surface area (TPSA) is 3.24 Å². The molecule has 1 aromatic heterocycles. The Kier molecular flexibility index (Phi) is 10.1. The van der Waals surface area contributed by atoms with Crippen LogP contribution < -0.4 is 4.90 Å². The number of rotatable bonds is 9. The van der Waals surface area contributed by atoms with Crippen molar-refractivity contribution in [2.45, 2.75) is 0 Å². The Balaban J connectivity index is 0.819. The van der Waals surface area contributed by atoms with Crippen LogP contribution in [-0.2, 0) is 0 Å². The molecule has 11 aromatic carbocycles. The molecule has 2 heteroatoms. The lowest BCUT2D eigenvalue weighted by Gasteiger charge is -2.26. The van der Waals surface area contributed by atoms with Gasteiger partial charge >= 0.3 is 0 Å². The van der Waals surface area contributed by atoms with Crippen molar-refractivity contribution >= 4 is 59.3 Å². The van der Waals surface area contributed by atoms with Gasteiger partial charge in [0, 0.05) is 37.2 Å². The van der Waals surface area contributed by atoms with Crippen LogP contribution in [0.4, 0.5) is 17.1 Å². The van der Waals surface area contributed by atoms with Crippen LogP contribution in [0.1, 0.15) is 0 Å². The Bertz CT molecular complexity index is 3560. The molecule has 12 aromatic rings. The number of fused-ring (bicyclic) bond motifs is 4. The molecule has 0 amide bonds. The van der Waals surface area contributed by atoms with Gasteiger partial charge in [-0.3, -0.25) is 0 Å². The predicted molar refractivity (Wildman–Crippen MR) is 284 cm³/mol. The van der Waals surface area contributed by atoms with Crippen molar-refractivity contribution in [1.29, 1.82) is 0 Å². The highest BCUT2D eigenvalue weighted by Gasteiger charge is 2.15. The van der Waals surface area contributed by atoms with E-state index >= 15 is 0 Å². The summed E-state index contributed by atoms with van der Waals surface area (Å²) in [6.07, 6.45) is 0. The zero-order valence-corrected chi connectivity index (χ0v) is 37.0. The second-order valence-electron chi connectivity index (χ2n) is 16.9. The smallest absolute Gasteiger partial charge is 0.0462 e. The number of thiophene rings is 1. The summed E-state index contributed by atoms with van der Waals surface area (Å²) in [4.78, 5) is 2.34. The summed E-state index contributed by atoms with van der Waals surface area (Å²) >= 11 is 1.87. The average Bonchev–Trinajstić information content (AvgIpc) is 3.77. The van der Waals surface area contributed by atoms with Gasteiger partial charge in [0.15, 0.2) is 0 Å². The van der Waals surface area contributed by atoms with E-state index in [1.807, 2.05) is 11.3 Å². The zero-order chi connectivity index (χ0) is 43.8. The van der Waals surface area contributed by atoms with Gasteiger partial charge in [0.25, 0.3) is 0 Å². The number of hydrogen-bond acceptors (Lipinski definition) is 2. The van der Waals surface area contributed by atoms with Crippen molar-refractivity contribution in [3.63, 3.8) is 0 Å². The Hall–Kier alpha value is -8.30. The largest absolute Gasteiger partial charge is 0.311 e. The van der Waals surface area contributed by atoms with Gasteiger partial charge < -0.3 is 4.90 Å². The molecule has 1 nitrogen and oxygen atoms in total. The maximum atomic E-state index is 2.39. The van der Waals surface area contributed by atoms with Crippen molar-refractivity contribution in [2.24, 2.45) is 0 Å². The molecular weight excluding hydrogens is 815 g/mol. The van der Waals surface area contributed by atoms with E-state index in [1.54, 1.807) is 0 Å². The molecule has 0 fully saturated rings. The van der Waals surface area contributed by atoms with Crippen molar-refractivity contribution in [3.8, 4) is 66.8 Å². The van der Waals surface area contributed by atoms with Crippen molar-refractivity contribution in [3.05, 3.63) is 261 Å². The van der Waals surface area contributed by atoms with E-state index in [9.17, 15) is 0 Å². The molecule has 0 spiro atoms. The van der Waals surface area contributed by atoms with Crippen molar-refractivity contribution < 1.29 is 0 Å². The molecule has 0 unspecified atom stereocenters. The summed E-state index contributed by atoms with van der Waals surface area (Å²) in [5.74, 6) is 0. The van der Waals surface area contributed by atoms with Crippen LogP contribution in [0.2, 0.25) is 0 Å². The lowest BCUT2D eigenvalue weighted by molar-refractivity contribution is 1.28. The molecular formula is C64H43NS. The normalized spacial score (nSPS) is 11.3. The van der Waals surface area contributed by atoms with E-state index in [2.05, 4.69) is 266 Å². The number of hydrogen-bond donors (Lipinski definition) is 0. The molecule has 0 aliphatic rings. The average molecular weight is 858 g/mol. The van der Waals surface area contributed by atoms with Crippen LogP contribution in [0.3, 0.4) is 0 Å². The Morgan fingerprint density at radius 3 is 1.12 bits per heavy atom. The third-order valence-corrected chi connectivity index (χ3v) is 14.1. The summed E-state index contributed by atoms with van der Waals surface area (Å²) in [6, 6.07) is 95.0. The highest BCUT2D eigenvalue weighted by molar-refractivity contribution is 7.25. The lowest BCUT2D eigenvalue weighted by atomic mass is 9.95. The molecule has 0 aliphatic heterocycles. The van der Waals surface area contributed by atoms with E-state index in [-0.39, 0.29) is 0 Å². The summed E-state index contributed by atoms with van der Waals surface area (Å²) in [5, 5.41) is 5.17. The molecule has 0 bridgehead atoms. The first kappa shape index (κ1) is 39.3. The zero-order valence-electron chi connectivity index (χ0n) is 36.2. The minimum Gasteiger partial charge on any atom is -0.311 e. The second-order valence-corrected chi connectivity index (χ2v) is 18.0. The van der Waals surface area contributed by atoms with E-state index in [1.165, 1.54) is 97.7 Å². The summed E-state index contributed by atoms with van der Waals surface area (Å²) in [5.41, 5.74) is 17.9. The molecule has 0 aliphatic carbocycles. The van der Waals surface area contributed by atoms with Gasteiger partial charge in [-0.15, -0.1) is 11.3 Å². The minimum atomic E-state index is 1.10. The molecule has 0 saturated heterocycles. The van der Waals surface area contributed by atoms with Crippen LogP contribution in [0.5, 0.6) is 0 Å². The number of nitrogens with zero attached hydrogens (tertiary/aromatic N) is 1. The van der Waals surface area contributed by atoms with Crippen LogP contribution >= 0.6 is 11.3 Å². The minimum absolute atomic E-state index is 1.10. The van der Waals surface area contributed by atoms with E-state index in [0.717, 1.165) is 17.1 Å². The monoisotopic (exact) mass is 857 g/mol. The fourth-order valence-electron chi connectivity index (χ4n) is 9.45. The van der Waals surface area contributed by atoms with Gasteiger partial charge in [0.2, 0.25) is 0 Å². The van der Waals surface area contributed by atoms with E-state index in [4.69, 9.17) is 0 Å². The maximum Gasteiger partial charge on any atom is 0.0462 e. The van der Waals surface area contributed by atoms with E-state index < -0.39 is 0 Å². The molecule has 0 saturated carbocycles. The molecule has 0 N–H and O–H groups in total. The SMILES string of the molecule is c1ccc(-c2ccc(N(c3ccc(-c4ccccc4)cc3)c3ccc(-c4ccc(-c5cccc(-c6ccc7sc8ccc(-c9cccc%10ccccc9%10)cc8c7c6)c5)cc4)cc3)cc2)cc1. The highest BCUT2D eigenvalue weighted by Crippen LogP contribution is 2.41. The van der Waals surface area contributed by atoms with Crippen LogP contribution in [-0.4, -0.2) is 0 Å². The van der Waals surface area contributed by atoms with Crippen LogP contribution in [0, 0.1) is 0 Å². The standard InChI is InChI=1S/C64H43NS/c1-3-11-44(12-4-1)47-25-33-56(34-26-47)65(57-35-27-48(28-36-57)45-13-5-2-6-14-45)58-37-29-49(30-38-58)46-21-23-50(24-22-46)52-17-9-18-53(41-52)54-31-39-63-61(42-54)62-43-55(32-40-64(62)66-63)60-20-10-16-51-15-7-8-19-59(51)60/h1-43H. The van der Waals surface area contributed by atoms with Gasteiger partial charge in [-0.05, 0) is 144 Å². The fraction of sp³-hybridized carbons (Fsp3) is 0. The predicted octanol–water partition coefficient (Wildman–Crippen LogP) is 18.7. The Morgan fingerprint density at radius 1 is 0.227 bits per heavy atom. The Morgan fingerprint density at radius 2 is 0.576 bits per heavy atom. The summed E-state index contributed by atoms with van der Waals surface area (Å²) in [7, 11) is 0. The Labute approximate surface area is 389 Å². The summed E-state index contributed by atoms with van der Waals surface area (Å²) < 4.78 is 2.63. The van der Waals surface area contributed by atoms with Gasteiger partial charge in [0.05, 0.1) is 0 Å². The molecule has 66 heavy (non-hydrogen) atoms. The van der Waals surface area contributed by atoms with Crippen LogP contribution in [0.25, 0.3) is 97.7 Å². The fourth-order valence-corrected chi connectivity index (χ4v) is 10.5. The first-order chi connectivity index (χ1) is 32.7. The third kappa shape index (κ3) is 7.54. The molecule has 310 valence electrons. The first-order valence-electron chi connectivity index (χ1n) is 22.6. The lowest BCUT2D eigenvalue weighted by Crippen LogP contribution is -2.09. The van der Waals surface area contributed by atoms with E-state index in [0.29, 0.717) is 0 Å². The van der Waals surface area contributed by atoms with Crippen molar-refractivity contribution in [2.75, 3.05) is 4.90 Å². The molecule has 0 radical (unpaired) electrons. The highest BCUT2D eigenvalue weighted by atomic mass is 32.1. The van der Waals surface area contributed by atoms with Gasteiger partial charge in [-0.2, -0.15) is 0 Å². The molecule has 12 rings (SSSR count). The van der Waals surface area contributed by atoms with Gasteiger partial charge in [0.1, 0.15) is 0 Å².